The molecule has 0 radical (unpaired) electrons. The van der Waals surface area contributed by atoms with Crippen LogP contribution in [0.3, 0.4) is 0 Å². The van der Waals surface area contributed by atoms with Crippen LogP contribution >= 0.6 is 0 Å². The van der Waals surface area contributed by atoms with Crippen molar-refractivity contribution in [2.45, 2.75) is 25.0 Å². The summed E-state index contributed by atoms with van der Waals surface area (Å²) < 4.78 is 13.1. The van der Waals surface area contributed by atoms with Crippen LogP contribution in [0.1, 0.15) is 24.1 Å². The van der Waals surface area contributed by atoms with Crippen molar-refractivity contribution in [3.63, 3.8) is 0 Å². The number of nitrogens with one attached hydrogen (secondary N) is 1. The number of pyridine rings is 1. The molecular formula is C13H16FN5O. The van der Waals surface area contributed by atoms with Gasteiger partial charge in [0.1, 0.15) is 17.1 Å². The number of H-pyrrole nitrogens is 1. The smallest absolute Gasteiger partial charge is 0.141 e. The number of piperidine rings is 1. The van der Waals surface area contributed by atoms with E-state index in [1.165, 1.54) is 12.3 Å². The number of β-amino-alcohol motifs (C(OH)–C–C–N with tert-alkyl or cyclic N) is 1. The first-order valence-electron chi connectivity index (χ1n) is 6.56. The fourth-order valence-corrected chi connectivity index (χ4v) is 2.69. The average molecular weight is 277 g/mol. The molecule has 20 heavy (non-hydrogen) atoms. The molecule has 0 spiro atoms. The summed E-state index contributed by atoms with van der Waals surface area (Å²) in [7, 11) is 0. The molecule has 0 aliphatic carbocycles. The molecule has 7 heteroatoms. The van der Waals surface area contributed by atoms with Gasteiger partial charge < -0.3 is 5.11 Å². The van der Waals surface area contributed by atoms with Crippen molar-refractivity contribution in [3.8, 4) is 0 Å². The Balaban J connectivity index is 1.72. The predicted octanol–water partition coefficient (Wildman–Crippen LogP) is 0.822. The fourth-order valence-electron chi connectivity index (χ4n) is 2.69. The lowest BCUT2D eigenvalue weighted by atomic mass is 9.90. The molecule has 2 aromatic heterocycles. The molecule has 106 valence electrons. The molecule has 1 aliphatic heterocycles. The number of rotatable bonds is 3. The van der Waals surface area contributed by atoms with Crippen molar-refractivity contribution in [2.24, 2.45) is 0 Å². The summed E-state index contributed by atoms with van der Waals surface area (Å²) >= 11 is 0. The minimum Gasteiger partial charge on any atom is -0.382 e. The van der Waals surface area contributed by atoms with Gasteiger partial charge in [-0.2, -0.15) is 15.4 Å². The number of halogens is 1. The van der Waals surface area contributed by atoms with Crippen LogP contribution in [0.5, 0.6) is 0 Å². The molecule has 2 N–H and O–H groups in total. The van der Waals surface area contributed by atoms with Crippen LogP contribution in [0.25, 0.3) is 0 Å². The van der Waals surface area contributed by atoms with E-state index in [9.17, 15) is 9.50 Å². The van der Waals surface area contributed by atoms with Gasteiger partial charge in [0.2, 0.25) is 0 Å². The highest BCUT2D eigenvalue weighted by Crippen LogP contribution is 2.30. The second-order valence-corrected chi connectivity index (χ2v) is 5.21. The number of aliphatic hydroxyl groups is 1. The molecule has 0 amide bonds. The molecule has 3 heterocycles. The van der Waals surface area contributed by atoms with Crippen molar-refractivity contribution in [1.29, 1.82) is 0 Å². The van der Waals surface area contributed by atoms with Gasteiger partial charge in [0.05, 0.1) is 12.4 Å². The van der Waals surface area contributed by atoms with E-state index in [0.717, 1.165) is 18.5 Å². The van der Waals surface area contributed by atoms with Gasteiger partial charge in [0.25, 0.3) is 0 Å². The maximum atomic E-state index is 13.1. The van der Waals surface area contributed by atoms with Crippen molar-refractivity contribution in [2.75, 3.05) is 13.1 Å². The normalized spacial score (nSPS) is 23.9. The maximum absolute atomic E-state index is 13.1. The summed E-state index contributed by atoms with van der Waals surface area (Å²) in [5.41, 5.74) is 0.361. The lowest BCUT2D eigenvalue weighted by Crippen LogP contribution is -2.45. The molecular weight excluding hydrogens is 261 g/mol. The molecule has 0 bridgehead atoms. The van der Waals surface area contributed by atoms with Crippen LogP contribution in [-0.4, -0.2) is 43.5 Å². The van der Waals surface area contributed by atoms with Gasteiger partial charge in [-0.25, -0.2) is 4.39 Å². The van der Waals surface area contributed by atoms with E-state index < -0.39 is 5.60 Å². The molecule has 1 saturated heterocycles. The first-order valence-corrected chi connectivity index (χ1v) is 6.56. The SMILES string of the molecule is OC1(c2cn[nH]n2)CCCN(Cc2cncc(F)c2)C1. The Hall–Kier alpha value is -1.86. The van der Waals surface area contributed by atoms with Crippen LogP contribution in [0.2, 0.25) is 0 Å². The average Bonchev–Trinajstić information content (AvgIpc) is 2.93. The summed E-state index contributed by atoms with van der Waals surface area (Å²) in [5.74, 6) is -0.341. The number of likely N-dealkylation sites (tertiary alicyclic amines) is 1. The minimum atomic E-state index is -0.994. The first-order chi connectivity index (χ1) is 9.66. The largest absolute Gasteiger partial charge is 0.382 e. The maximum Gasteiger partial charge on any atom is 0.141 e. The van der Waals surface area contributed by atoms with Gasteiger partial charge in [-0.1, -0.05) is 0 Å². The lowest BCUT2D eigenvalue weighted by Gasteiger charge is -2.37. The molecule has 2 aromatic rings. The zero-order chi connectivity index (χ0) is 14.0. The number of hydrogen-bond acceptors (Lipinski definition) is 5. The number of aromatic amines is 1. The Morgan fingerprint density at radius 2 is 2.30 bits per heavy atom. The van der Waals surface area contributed by atoms with E-state index in [4.69, 9.17) is 0 Å². The van der Waals surface area contributed by atoms with Gasteiger partial charge in [0.15, 0.2) is 0 Å². The molecule has 1 unspecified atom stereocenters. The molecule has 3 rings (SSSR count). The number of hydrogen-bond donors (Lipinski definition) is 2. The van der Waals surface area contributed by atoms with E-state index in [0.29, 0.717) is 25.2 Å². The second kappa shape index (κ2) is 5.26. The van der Waals surface area contributed by atoms with E-state index in [-0.39, 0.29) is 5.82 Å². The summed E-state index contributed by atoms with van der Waals surface area (Å²) in [4.78, 5) is 5.92. The van der Waals surface area contributed by atoms with Crippen LogP contribution in [-0.2, 0) is 12.1 Å². The zero-order valence-electron chi connectivity index (χ0n) is 11.0. The Morgan fingerprint density at radius 1 is 1.40 bits per heavy atom. The summed E-state index contributed by atoms with van der Waals surface area (Å²) in [6.07, 6.45) is 5.88. The molecule has 0 aromatic carbocycles. The van der Waals surface area contributed by atoms with Crippen LogP contribution in [0, 0.1) is 5.82 Å². The Morgan fingerprint density at radius 3 is 3.05 bits per heavy atom. The second-order valence-electron chi connectivity index (χ2n) is 5.21. The van der Waals surface area contributed by atoms with Gasteiger partial charge >= 0.3 is 0 Å². The highest BCUT2D eigenvalue weighted by Gasteiger charge is 2.37. The first kappa shape index (κ1) is 13.1. The predicted molar refractivity (Wildman–Crippen MR) is 69.0 cm³/mol. The van der Waals surface area contributed by atoms with Gasteiger partial charge in [-0.3, -0.25) is 9.88 Å². The third-order valence-electron chi connectivity index (χ3n) is 3.61. The van der Waals surface area contributed by atoms with Crippen LogP contribution in [0.15, 0.2) is 24.7 Å². The molecule has 0 saturated carbocycles. The monoisotopic (exact) mass is 277 g/mol. The van der Waals surface area contributed by atoms with E-state index in [1.54, 1.807) is 12.4 Å². The Kier molecular flexibility index (Phi) is 3.45. The molecule has 1 aliphatic rings. The molecule has 1 atom stereocenters. The fraction of sp³-hybridized carbons (Fsp3) is 0.462. The Labute approximate surface area is 115 Å². The standard InChI is InChI=1S/C13H16FN5O/c14-11-4-10(5-15-6-11)8-19-3-1-2-13(20,9-19)12-7-16-18-17-12/h4-7,20H,1-3,8-9H2,(H,16,17,18). The highest BCUT2D eigenvalue weighted by atomic mass is 19.1. The van der Waals surface area contributed by atoms with E-state index in [2.05, 4.69) is 25.3 Å². The molecule has 6 nitrogen and oxygen atoms in total. The number of aromatic nitrogens is 4. The van der Waals surface area contributed by atoms with Crippen molar-refractivity contribution >= 4 is 0 Å². The third kappa shape index (κ3) is 2.68. The van der Waals surface area contributed by atoms with E-state index >= 15 is 0 Å². The van der Waals surface area contributed by atoms with Gasteiger partial charge in [-0.15, -0.1) is 0 Å². The van der Waals surface area contributed by atoms with Crippen molar-refractivity contribution < 1.29 is 9.50 Å². The van der Waals surface area contributed by atoms with Crippen LogP contribution in [0.4, 0.5) is 4.39 Å². The quantitative estimate of drug-likeness (QED) is 0.868. The zero-order valence-corrected chi connectivity index (χ0v) is 11.0. The van der Waals surface area contributed by atoms with Crippen LogP contribution < -0.4 is 0 Å². The summed E-state index contributed by atoms with van der Waals surface area (Å²) in [6.45, 7) is 1.87. The topological polar surface area (TPSA) is 77.9 Å². The highest BCUT2D eigenvalue weighted by molar-refractivity contribution is 5.12. The third-order valence-corrected chi connectivity index (χ3v) is 3.61. The van der Waals surface area contributed by atoms with Crippen molar-refractivity contribution in [1.82, 2.24) is 25.3 Å². The summed E-state index contributed by atoms with van der Waals surface area (Å²) in [6, 6.07) is 1.47. The van der Waals surface area contributed by atoms with Gasteiger partial charge in [-0.05, 0) is 31.0 Å². The minimum absolute atomic E-state index is 0.341. The molecule has 1 fully saturated rings. The number of nitrogens with zero attached hydrogens (tertiary/aromatic N) is 4. The van der Waals surface area contributed by atoms with E-state index in [1.807, 2.05) is 0 Å². The van der Waals surface area contributed by atoms with Crippen molar-refractivity contribution in [3.05, 3.63) is 41.7 Å². The lowest BCUT2D eigenvalue weighted by molar-refractivity contribution is -0.0414. The summed E-state index contributed by atoms with van der Waals surface area (Å²) in [5, 5.41) is 20.9. The Bertz CT molecular complexity index is 576. The van der Waals surface area contributed by atoms with Gasteiger partial charge in [0, 0.05) is 19.3 Å².